The second-order valence-corrected chi connectivity index (χ2v) is 6.68. The van der Waals surface area contributed by atoms with E-state index in [1.807, 2.05) is 45.9 Å². The lowest BCUT2D eigenvalue weighted by atomic mass is 10.2. The molecule has 6 nitrogen and oxygen atoms in total. The molecular formula is C18H28N2O4. The molecule has 6 heteroatoms. The molecular weight excluding hydrogens is 308 g/mol. The standard InChI is InChI=1S/C18H28N2O4/c1-14(12-20-17(22)24-18(2,3)4)13-23-11-10-19-16(21)15-8-6-5-7-9-15/h5-9,14H,10-13H2,1-4H3,(H,19,21)(H,20,22). The predicted molar refractivity (Wildman–Crippen MR) is 93.0 cm³/mol. The van der Waals surface area contributed by atoms with Crippen molar-refractivity contribution >= 4 is 12.0 Å². The van der Waals surface area contributed by atoms with Gasteiger partial charge in [-0.15, -0.1) is 0 Å². The molecule has 0 saturated heterocycles. The number of hydrogen-bond donors (Lipinski definition) is 2. The van der Waals surface area contributed by atoms with Crippen LogP contribution in [-0.4, -0.2) is 43.9 Å². The second kappa shape index (κ2) is 9.93. The van der Waals surface area contributed by atoms with Crippen molar-refractivity contribution in [3.05, 3.63) is 35.9 Å². The Hall–Kier alpha value is -2.08. The van der Waals surface area contributed by atoms with Gasteiger partial charge in [-0.2, -0.15) is 0 Å². The van der Waals surface area contributed by atoms with E-state index in [0.29, 0.717) is 31.9 Å². The van der Waals surface area contributed by atoms with Crippen LogP contribution in [0.3, 0.4) is 0 Å². The van der Waals surface area contributed by atoms with Crippen LogP contribution in [-0.2, 0) is 9.47 Å². The van der Waals surface area contributed by atoms with Crippen LogP contribution in [0.15, 0.2) is 30.3 Å². The van der Waals surface area contributed by atoms with Crippen molar-refractivity contribution in [1.82, 2.24) is 10.6 Å². The van der Waals surface area contributed by atoms with Crippen LogP contribution in [0.2, 0.25) is 0 Å². The summed E-state index contributed by atoms with van der Waals surface area (Å²) in [6.07, 6.45) is -0.426. The van der Waals surface area contributed by atoms with Crippen LogP contribution < -0.4 is 10.6 Å². The third kappa shape index (κ3) is 9.15. The molecule has 2 N–H and O–H groups in total. The first-order valence-corrected chi connectivity index (χ1v) is 8.16. The highest BCUT2D eigenvalue weighted by Crippen LogP contribution is 2.06. The molecule has 2 amide bonds. The van der Waals surface area contributed by atoms with Crippen molar-refractivity contribution in [3.8, 4) is 0 Å². The van der Waals surface area contributed by atoms with Gasteiger partial charge in [0.15, 0.2) is 0 Å². The topological polar surface area (TPSA) is 76.7 Å². The molecule has 0 aliphatic heterocycles. The number of nitrogens with one attached hydrogen (secondary N) is 2. The number of carbonyl (C=O) groups is 2. The number of benzene rings is 1. The van der Waals surface area contributed by atoms with Gasteiger partial charge in [0, 0.05) is 18.7 Å². The van der Waals surface area contributed by atoms with E-state index in [2.05, 4.69) is 10.6 Å². The van der Waals surface area contributed by atoms with E-state index in [4.69, 9.17) is 9.47 Å². The summed E-state index contributed by atoms with van der Waals surface area (Å²) in [4.78, 5) is 23.3. The average Bonchev–Trinajstić information content (AvgIpc) is 2.51. The van der Waals surface area contributed by atoms with E-state index < -0.39 is 11.7 Å². The first kappa shape index (κ1) is 20.0. The second-order valence-electron chi connectivity index (χ2n) is 6.68. The Kier molecular flexibility index (Phi) is 8.26. The van der Waals surface area contributed by atoms with E-state index in [1.165, 1.54) is 0 Å². The molecule has 0 radical (unpaired) electrons. The third-order valence-corrected chi connectivity index (χ3v) is 2.96. The number of alkyl carbamates (subject to hydrolysis) is 1. The Morgan fingerprint density at radius 3 is 2.42 bits per heavy atom. The monoisotopic (exact) mass is 336 g/mol. The molecule has 0 aliphatic carbocycles. The van der Waals surface area contributed by atoms with Gasteiger partial charge in [-0.3, -0.25) is 4.79 Å². The minimum Gasteiger partial charge on any atom is -0.444 e. The Balaban J connectivity index is 2.08. The van der Waals surface area contributed by atoms with Crippen LogP contribution >= 0.6 is 0 Å². The lowest BCUT2D eigenvalue weighted by Crippen LogP contribution is -2.35. The number of hydrogen-bond acceptors (Lipinski definition) is 4. The zero-order chi connectivity index (χ0) is 18.0. The third-order valence-electron chi connectivity index (χ3n) is 2.96. The van der Waals surface area contributed by atoms with Crippen molar-refractivity contribution in [1.29, 1.82) is 0 Å². The summed E-state index contributed by atoms with van der Waals surface area (Å²) in [6.45, 7) is 9.28. The van der Waals surface area contributed by atoms with Crippen LogP contribution in [0.25, 0.3) is 0 Å². The molecule has 0 fully saturated rings. The minimum atomic E-state index is -0.499. The van der Waals surface area contributed by atoms with Crippen molar-refractivity contribution in [3.63, 3.8) is 0 Å². The maximum Gasteiger partial charge on any atom is 0.407 e. The van der Waals surface area contributed by atoms with Crippen LogP contribution in [0, 0.1) is 5.92 Å². The molecule has 0 heterocycles. The van der Waals surface area contributed by atoms with Crippen molar-refractivity contribution in [2.75, 3.05) is 26.3 Å². The van der Waals surface area contributed by atoms with E-state index in [9.17, 15) is 9.59 Å². The molecule has 1 aromatic carbocycles. The molecule has 0 saturated carbocycles. The van der Waals surface area contributed by atoms with E-state index in [-0.39, 0.29) is 11.8 Å². The molecule has 0 aromatic heterocycles. The van der Waals surface area contributed by atoms with Gasteiger partial charge in [0.1, 0.15) is 5.60 Å². The fourth-order valence-electron chi connectivity index (χ4n) is 1.84. The fraction of sp³-hybridized carbons (Fsp3) is 0.556. The van der Waals surface area contributed by atoms with Crippen LogP contribution in [0.1, 0.15) is 38.1 Å². The maximum absolute atomic E-state index is 11.8. The van der Waals surface area contributed by atoms with Crippen molar-refractivity contribution in [2.45, 2.75) is 33.3 Å². The molecule has 1 rings (SSSR count). The summed E-state index contributed by atoms with van der Waals surface area (Å²) in [5, 5.41) is 5.50. The number of carbonyl (C=O) groups excluding carboxylic acids is 2. The summed E-state index contributed by atoms with van der Waals surface area (Å²) in [5.74, 6) is 0.0428. The highest BCUT2D eigenvalue weighted by Gasteiger charge is 2.16. The smallest absolute Gasteiger partial charge is 0.407 e. The summed E-state index contributed by atoms with van der Waals surface area (Å²) in [7, 11) is 0. The average molecular weight is 336 g/mol. The summed E-state index contributed by atoms with van der Waals surface area (Å²) in [5.41, 5.74) is 0.133. The van der Waals surface area contributed by atoms with Gasteiger partial charge in [-0.25, -0.2) is 4.79 Å². The van der Waals surface area contributed by atoms with Gasteiger partial charge < -0.3 is 20.1 Å². The highest BCUT2D eigenvalue weighted by molar-refractivity contribution is 5.94. The zero-order valence-corrected chi connectivity index (χ0v) is 14.9. The molecule has 1 atom stereocenters. The zero-order valence-electron chi connectivity index (χ0n) is 14.9. The lowest BCUT2D eigenvalue weighted by Gasteiger charge is -2.20. The molecule has 0 bridgehead atoms. The summed E-state index contributed by atoms with van der Waals surface area (Å²) in [6, 6.07) is 9.04. The van der Waals surface area contributed by atoms with Gasteiger partial charge in [-0.05, 0) is 38.8 Å². The van der Waals surface area contributed by atoms with E-state index >= 15 is 0 Å². The Bertz CT molecular complexity index is 512. The van der Waals surface area contributed by atoms with Crippen LogP contribution in [0.5, 0.6) is 0 Å². The summed E-state index contributed by atoms with van der Waals surface area (Å²) >= 11 is 0. The number of rotatable bonds is 8. The van der Waals surface area contributed by atoms with Gasteiger partial charge in [0.2, 0.25) is 0 Å². The molecule has 0 aliphatic rings. The molecule has 134 valence electrons. The molecule has 1 unspecified atom stereocenters. The SMILES string of the molecule is CC(CNC(=O)OC(C)(C)C)COCCNC(=O)c1ccccc1. The Morgan fingerprint density at radius 1 is 1.12 bits per heavy atom. The number of amides is 2. The van der Waals surface area contributed by atoms with Gasteiger partial charge in [-0.1, -0.05) is 25.1 Å². The molecule has 1 aromatic rings. The highest BCUT2D eigenvalue weighted by atomic mass is 16.6. The van der Waals surface area contributed by atoms with Crippen LogP contribution in [0.4, 0.5) is 4.79 Å². The normalized spacial score (nSPS) is 12.3. The Labute approximate surface area is 143 Å². The first-order valence-electron chi connectivity index (χ1n) is 8.16. The molecule has 0 spiro atoms. The van der Waals surface area contributed by atoms with E-state index in [0.717, 1.165) is 0 Å². The Morgan fingerprint density at radius 2 is 1.79 bits per heavy atom. The quantitative estimate of drug-likeness (QED) is 0.716. The predicted octanol–water partition coefficient (Wildman–Crippen LogP) is 2.59. The molecule has 24 heavy (non-hydrogen) atoms. The van der Waals surface area contributed by atoms with Crippen molar-refractivity contribution in [2.24, 2.45) is 5.92 Å². The summed E-state index contributed by atoms with van der Waals surface area (Å²) < 4.78 is 10.7. The fourth-order valence-corrected chi connectivity index (χ4v) is 1.84. The van der Waals surface area contributed by atoms with E-state index in [1.54, 1.807) is 12.1 Å². The van der Waals surface area contributed by atoms with Gasteiger partial charge >= 0.3 is 6.09 Å². The lowest BCUT2D eigenvalue weighted by molar-refractivity contribution is 0.0498. The maximum atomic E-state index is 11.8. The first-order chi connectivity index (χ1) is 11.3. The number of ether oxygens (including phenoxy) is 2. The largest absolute Gasteiger partial charge is 0.444 e. The minimum absolute atomic E-state index is 0.112. The van der Waals surface area contributed by atoms with Gasteiger partial charge in [0.25, 0.3) is 5.91 Å². The van der Waals surface area contributed by atoms with Gasteiger partial charge in [0.05, 0.1) is 13.2 Å². The van der Waals surface area contributed by atoms with Crippen molar-refractivity contribution < 1.29 is 19.1 Å².